The van der Waals surface area contributed by atoms with Gasteiger partial charge in [-0.25, -0.2) is 15.0 Å². The van der Waals surface area contributed by atoms with E-state index in [1.54, 1.807) is 24.5 Å². The Hall–Kier alpha value is -3.21. The second-order valence-electron chi connectivity index (χ2n) is 7.46. The molecule has 164 valence electrons. The van der Waals surface area contributed by atoms with Crippen LogP contribution in [0.5, 0.6) is 5.75 Å². The van der Waals surface area contributed by atoms with E-state index < -0.39 is 17.8 Å². The number of hydrogen-bond acceptors (Lipinski definition) is 8. The van der Waals surface area contributed by atoms with E-state index in [2.05, 4.69) is 25.3 Å². The molecule has 4 rings (SSSR count). The second kappa shape index (κ2) is 8.50. The number of ether oxygens (including phenoxy) is 1. The third-order valence-corrected chi connectivity index (χ3v) is 5.16. The zero-order valence-electron chi connectivity index (χ0n) is 16.4. The summed E-state index contributed by atoms with van der Waals surface area (Å²) in [6, 6.07) is 3.55. The lowest BCUT2D eigenvalue weighted by Gasteiger charge is -2.29. The van der Waals surface area contributed by atoms with Gasteiger partial charge in [0, 0.05) is 48.1 Å². The van der Waals surface area contributed by atoms with Crippen molar-refractivity contribution in [2.45, 2.75) is 50.1 Å². The van der Waals surface area contributed by atoms with Gasteiger partial charge in [0.25, 0.3) is 0 Å². The lowest BCUT2D eigenvalue weighted by atomic mass is 9.93. The van der Waals surface area contributed by atoms with Crippen LogP contribution < -0.4 is 15.8 Å². The minimum Gasteiger partial charge on any atom is -0.488 e. The third-order valence-electron chi connectivity index (χ3n) is 5.16. The van der Waals surface area contributed by atoms with Crippen molar-refractivity contribution in [3.8, 4) is 5.75 Å². The van der Waals surface area contributed by atoms with Crippen LogP contribution in [0.25, 0.3) is 11.0 Å². The monoisotopic (exact) mass is 434 g/mol. The average molecular weight is 434 g/mol. The van der Waals surface area contributed by atoms with Crippen LogP contribution >= 0.6 is 0 Å². The Morgan fingerprint density at radius 2 is 1.71 bits per heavy atom. The largest absolute Gasteiger partial charge is 0.488 e. The summed E-state index contributed by atoms with van der Waals surface area (Å²) in [6.07, 6.45) is 0.862. The number of fused-ring (bicyclic) bond motifs is 1. The number of benzene rings is 1. The van der Waals surface area contributed by atoms with Crippen LogP contribution in [-0.2, 0) is 0 Å². The number of nitrogens with two attached hydrogens (primary N) is 1. The van der Waals surface area contributed by atoms with E-state index in [1.807, 2.05) is 0 Å². The Morgan fingerprint density at radius 1 is 1.03 bits per heavy atom. The first-order valence-electron chi connectivity index (χ1n) is 9.80. The molecule has 2 heterocycles. The fraction of sp³-hybridized carbons (Fsp3) is 0.400. The molecule has 1 atom stereocenters. The highest BCUT2D eigenvalue weighted by Gasteiger charge is 2.39. The van der Waals surface area contributed by atoms with Crippen molar-refractivity contribution in [3.63, 3.8) is 0 Å². The molecule has 1 aliphatic carbocycles. The number of alkyl halides is 3. The van der Waals surface area contributed by atoms with Gasteiger partial charge in [0.15, 0.2) is 6.10 Å². The highest BCUT2D eigenvalue weighted by atomic mass is 19.4. The number of rotatable bonds is 5. The van der Waals surface area contributed by atoms with Gasteiger partial charge in [-0.15, -0.1) is 0 Å². The van der Waals surface area contributed by atoms with Crippen molar-refractivity contribution in [2.24, 2.45) is 0 Å². The van der Waals surface area contributed by atoms with Crippen LogP contribution in [-0.4, -0.2) is 43.4 Å². The fourth-order valence-electron chi connectivity index (χ4n) is 3.58. The van der Waals surface area contributed by atoms with Gasteiger partial charge in [-0.05, 0) is 31.7 Å². The number of nitrogen functional groups attached to an aromatic ring is 1. The van der Waals surface area contributed by atoms with Crippen LogP contribution in [0.1, 0.15) is 37.4 Å². The molecule has 31 heavy (non-hydrogen) atoms. The minimum absolute atomic E-state index is 0.0183. The van der Waals surface area contributed by atoms with E-state index in [0.29, 0.717) is 22.5 Å². The van der Waals surface area contributed by atoms with Crippen molar-refractivity contribution in [1.82, 2.24) is 19.9 Å². The Morgan fingerprint density at radius 3 is 2.39 bits per heavy atom. The molecule has 4 N–H and O–H groups in total. The lowest BCUT2D eigenvalue weighted by Crippen LogP contribution is -2.32. The molecule has 0 unspecified atom stereocenters. The Kier molecular flexibility index (Phi) is 5.77. The highest BCUT2D eigenvalue weighted by molar-refractivity contribution is 5.84. The van der Waals surface area contributed by atoms with E-state index >= 15 is 0 Å². The molecule has 2 aromatic heterocycles. The maximum Gasteiger partial charge on any atom is 0.418 e. The molecule has 1 aromatic carbocycles. The fourth-order valence-corrected chi connectivity index (χ4v) is 3.58. The maximum atomic E-state index is 12.6. The predicted molar refractivity (Wildman–Crippen MR) is 107 cm³/mol. The molecule has 0 aliphatic heterocycles. The van der Waals surface area contributed by atoms with Crippen molar-refractivity contribution in [3.05, 3.63) is 42.5 Å². The second-order valence-corrected chi connectivity index (χ2v) is 7.46. The summed E-state index contributed by atoms with van der Waals surface area (Å²) >= 11 is 0. The SMILES string of the molecule is Nc1cc(OC2CCC(Nc3ncc([C@H](O)C(F)(F)F)cn3)CC2)c2nccnc2c1. The molecule has 1 aliphatic rings. The molecular weight excluding hydrogens is 413 g/mol. The summed E-state index contributed by atoms with van der Waals surface area (Å²) in [5, 5.41) is 12.4. The highest BCUT2D eigenvalue weighted by Crippen LogP contribution is 2.33. The molecule has 0 saturated heterocycles. The lowest BCUT2D eigenvalue weighted by molar-refractivity contribution is -0.206. The molecule has 11 heteroatoms. The number of nitrogens with zero attached hydrogens (tertiary/aromatic N) is 4. The van der Waals surface area contributed by atoms with E-state index in [-0.39, 0.29) is 18.1 Å². The molecule has 1 fully saturated rings. The molecule has 0 bridgehead atoms. The van der Waals surface area contributed by atoms with E-state index in [1.165, 1.54) is 0 Å². The van der Waals surface area contributed by atoms with Crippen LogP contribution in [0.3, 0.4) is 0 Å². The van der Waals surface area contributed by atoms with Crippen LogP contribution in [0.2, 0.25) is 0 Å². The van der Waals surface area contributed by atoms with E-state index in [4.69, 9.17) is 10.5 Å². The summed E-state index contributed by atoms with van der Waals surface area (Å²) in [6.45, 7) is 0. The van der Waals surface area contributed by atoms with Crippen molar-refractivity contribution in [1.29, 1.82) is 0 Å². The normalized spacial score (nSPS) is 20.4. The number of halogens is 3. The van der Waals surface area contributed by atoms with Gasteiger partial charge >= 0.3 is 6.18 Å². The summed E-state index contributed by atoms with van der Waals surface area (Å²) in [4.78, 5) is 16.4. The summed E-state index contributed by atoms with van der Waals surface area (Å²) in [5.74, 6) is 0.821. The van der Waals surface area contributed by atoms with Crippen molar-refractivity contribution < 1.29 is 23.0 Å². The van der Waals surface area contributed by atoms with Crippen molar-refractivity contribution in [2.75, 3.05) is 11.1 Å². The molecule has 0 spiro atoms. The zero-order chi connectivity index (χ0) is 22.0. The van der Waals surface area contributed by atoms with Gasteiger partial charge in [-0.3, -0.25) is 4.98 Å². The number of nitrogens with one attached hydrogen (secondary N) is 1. The number of anilines is 2. The number of hydrogen-bond donors (Lipinski definition) is 3. The van der Waals surface area contributed by atoms with Gasteiger partial charge in [0.2, 0.25) is 5.95 Å². The topological polar surface area (TPSA) is 119 Å². The van der Waals surface area contributed by atoms with Gasteiger partial charge < -0.3 is 20.9 Å². The predicted octanol–water partition coefficient (Wildman–Crippen LogP) is 3.40. The molecule has 1 saturated carbocycles. The van der Waals surface area contributed by atoms with Crippen LogP contribution in [0.4, 0.5) is 24.8 Å². The van der Waals surface area contributed by atoms with Gasteiger partial charge in [0.05, 0.1) is 11.6 Å². The number of aromatic nitrogens is 4. The molecule has 8 nitrogen and oxygen atoms in total. The van der Waals surface area contributed by atoms with Crippen LogP contribution in [0, 0.1) is 0 Å². The van der Waals surface area contributed by atoms with Crippen molar-refractivity contribution >= 4 is 22.7 Å². The summed E-state index contributed by atoms with van der Waals surface area (Å²) in [5.41, 5.74) is 7.43. The Bertz CT molecular complexity index is 1040. The summed E-state index contributed by atoms with van der Waals surface area (Å²) in [7, 11) is 0. The smallest absolute Gasteiger partial charge is 0.418 e. The minimum atomic E-state index is -4.75. The average Bonchev–Trinajstić information content (AvgIpc) is 2.74. The first-order chi connectivity index (χ1) is 14.8. The molecule has 0 radical (unpaired) electrons. The molecular formula is C20H21F3N6O2. The van der Waals surface area contributed by atoms with Gasteiger partial charge in [-0.2, -0.15) is 13.2 Å². The first-order valence-corrected chi connectivity index (χ1v) is 9.80. The van der Waals surface area contributed by atoms with E-state index in [0.717, 1.165) is 38.1 Å². The molecule has 3 aromatic rings. The molecule has 0 amide bonds. The maximum absolute atomic E-state index is 12.6. The zero-order valence-corrected chi connectivity index (χ0v) is 16.4. The number of aliphatic hydroxyl groups is 1. The Balaban J connectivity index is 1.33. The van der Waals surface area contributed by atoms with Gasteiger partial charge in [0.1, 0.15) is 11.3 Å². The standard InChI is InChI=1S/C20H21F3N6O2/c21-20(22,23)18(30)11-9-27-19(28-10-11)29-13-1-3-14(4-2-13)31-16-8-12(24)7-15-17(16)26-6-5-25-15/h5-10,13-14,18,30H,1-4,24H2,(H,27,28,29)/t13?,14?,18-/m0/s1. The van der Waals surface area contributed by atoms with Crippen LogP contribution in [0.15, 0.2) is 36.9 Å². The number of aliphatic hydroxyl groups excluding tert-OH is 1. The van der Waals surface area contributed by atoms with Gasteiger partial charge in [-0.1, -0.05) is 0 Å². The van der Waals surface area contributed by atoms with E-state index in [9.17, 15) is 18.3 Å². The first kappa shape index (κ1) is 21.0. The third kappa shape index (κ3) is 4.93. The summed E-state index contributed by atoms with van der Waals surface area (Å²) < 4.78 is 43.8. The quantitative estimate of drug-likeness (QED) is 0.523. The Labute approximate surface area is 175 Å².